The Bertz CT molecular complexity index is 1060. The van der Waals surface area contributed by atoms with E-state index in [1.165, 1.54) is 0 Å². The molecule has 53 heavy (non-hydrogen) atoms. The lowest BCUT2D eigenvalue weighted by Crippen LogP contribution is -2.68. The summed E-state index contributed by atoms with van der Waals surface area (Å²) in [5.41, 5.74) is -1.03. The molecule has 4 saturated heterocycles. The van der Waals surface area contributed by atoms with Gasteiger partial charge in [0.15, 0.2) is 0 Å². The van der Waals surface area contributed by atoms with Crippen LogP contribution in [-0.4, -0.2) is 74.9 Å². The highest BCUT2D eigenvalue weighted by Gasteiger charge is 2.56. The monoisotopic (exact) mass is 749 g/mol. The first-order valence-corrected chi connectivity index (χ1v) is 21.6. The predicted molar refractivity (Wildman–Crippen MR) is 221 cm³/mol. The van der Waals surface area contributed by atoms with Crippen LogP contribution in [0.3, 0.4) is 0 Å². The van der Waals surface area contributed by atoms with Crippen LogP contribution in [0.4, 0.5) is 0 Å². The Morgan fingerprint density at radius 2 is 0.509 bits per heavy atom. The summed E-state index contributed by atoms with van der Waals surface area (Å²) in [7, 11) is 0. The van der Waals surface area contributed by atoms with Crippen LogP contribution in [-0.2, 0) is 18.9 Å². The Hall–Kier alpha value is -0.320. The number of piperidine rings is 4. The first kappa shape index (κ1) is 45.4. The average Bonchev–Trinajstić information content (AvgIpc) is 2.88. The van der Waals surface area contributed by atoms with Crippen molar-refractivity contribution in [1.29, 1.82) is 0 Å². The number of hydrogen-bond acceptors (Lipinski definition) is 8. The minimum Gasteiger partial charge on any atom is -0.306 e. The van der Waals surface area contributed by atoms with Crippen LogP contribution in [0, 0.1) is 23.7 Å². The van der Waals surface area contributed by atoms with Gasteiger partial charge >= 0.3 is 6.16 Å². The van der Waals surface area contributed by atoms with E-state index in [-0.39, 0.29) is 68.7 Å². The van der Waals surface area contributed by atoms with E-state index < -0.39 is 6.16 Å². The molecule has 8 unspecified atom stereocenters. The number of hydrogen-bond donors (Lipinski definition) is 4. The molecule has 0 aromatic rings. The molecule has 4 heterocycles. The maximum atomic E-state index is 7.59. The lowest BCUT2D eigenvalue weighted by atomic mass is 9.74. The number of rotatable bonds is 12. The van der Waals surface area contributed by atoms with Gasteiger partial charge in [-0.1, -0.05) is 55.4 Å². The second-order valence-electron chi connectivity index (χ2n) is 23.4. The molecule has 4 aliphatic heterocycles. The van der Waals surface area contributed by atoms with Gasteiger partial charge in [-0.15, -0.1) is 0 Å². The molecule has 0 radical (unpaired) electrons. The topological polar surface area (TPSA) is 85.0 Å². The normalized spacial score (nSPS) is 41.2. The van der Waals surface area contributed by atoms with Gasteiger partial charge < -0.3 is 21.3 Å². The highest BCUT2D eigenvalue weighted by molar-refractivity contribution is 5.06. The van der Waals surface area contributed by atoms with E-state index in [2.05, 4.69) is 160 Å². The molecule has 0 aromatic carbocycles. The molecule has 4 rings (SSSR count). The van der Waals surface area contributed by atoms with Gasteiger partial charge in [-0.2, -0.15) is 0 Å². The van der Waals surface area contributed by atoms with Crippen LogP contribution in [0.15, 0.2) is 0 Å². The molecule has 0 bridgehead atoms. The van der Waals surface area contributed by atoms with Gasteiger partial charge in [0.1, 0.15) is 0 Å². The van der Waals surface area contributed by atoms with Crippen molar-refractivity contribution in [3.8, 4) is 0 Å². The third-order valence-electron chi connectivity index (χ3n) is 14.4. The molecule has 0 spiro atoms. The summed E-state index contributed by atoms with van der Waals surface area (Å²) in [6.45, 7) is 46.5. The zero-order valence-electron chi connectivity index (χ0n) is 38.4. The van der Waals surface area contributed by atoms with Crippen molar-refractivity contribution in [3.05, 3.63) is 0 Å². The largest absolute Gasteiger partial charge is 0.413 e. The summed E-state index contributed by atoms with van der Waals surface area (Å²) in [5.74, 6) is 1.65. The zero-order valence-corrected chi connectivity index (χ0v) is 38.4. The van der Waals surface area contributed by atoms with Crippen LogP contribution >= 0.6 is 0 Å². The summed E-state index contributed by atoms with van der Waals surface area (Å²) in [6.07, 6.45) is 4.47. The van der Waals surface area contributed by atoms with E-state index in [1.807, 2.05) is 0 Å². The Labute approximate surface area is 327 Å². The fourth-order valence-electron chi connectivity index (χ4n) is 10.8. The first-order valence-electron chi connectivity index (χ1n) is 21.6. The molecule has 8 heteroatoms. The Morgan fingerprint density at radius 3 is 0.660 bits per heavy atom. The molecule has 4 N–H and O–H groups in total. The fourth-order valence-corrected chi connectivity index (χ4v) is 10.8. The lowest BCUT2D eigenvalue weighted by Gasteiger charge is -2.56. The van der Waals surface area contributed by atoms with E-state index in [9.17, 15) is 0 Å². The van der Waals surface area contributed by atoms with Crippen molar-refractivity contribution in [2.24, 2.45) is 23.7 Å². The van der Waals surface area contributed by atoms with Crippen molar-refractivity contribution in [3.63, 3.8) is 0 Å². The molecular formula is C45H88N4O4. The van der Waals surface area contributed by atoms with Gasteiger partial charge in [-0.3, -0.25) is 18.9 Å². The van der Waals surface area contributed by atoms with Crippen molar-refractivity contribution in [1.82, 2.24) is 21.3 Å². The van der Waals surface area contributed by atoms with Gasteiger partial charge in [0.25, 0.3) is 0 Å². The van der Waals surface area contributed by atoms with Crippen molar-refractivity contribution >= 4 is 0 Å². The molecular weight excluding hydrogens is 661 g/mol. The summed E-state index contributed by atoms with van der Waals surface area (Å²) in [6, 6.07) is 0. The third-order valence-corrected chi connectivity index (χ3v) is 14.4. The third kappa shape index (κ3) is 11.0. The van der Waals surface area contributed by atoms with Crippen LogP contribution < -0.4 is 21.3 Å². The smallest absolute Gasteiger partial charge is 0.306 e. The maximum absolute atomic E-state index is 7.59. The van der Waals surface area contributed by atoms with Crippen LogP contribution in [0.5, 0.6) is 0 Å². The molecule has 0 aromatic heterocycles. The predicted octanol–water partition coefficient (Wildman–Crippen LogP) is 9.45. The minimum atomic E-state index is -1.68. The molecule has 4 fully saturated rings. The highest BCUT2D eigenvalue weighted by atomic mass is 17.0. The van der Waals surface area contributed by atoms with Gasteiger partial charge in [0.05, 0.1) is 24.4 Å². The summed E-state index contributed by atoms with van der Waals surface area (Å²) >= 11 is 0. The molecule has 8 atom stereocenters. The molecule has 4 aliphatic rings. The Balaban J connectivity index is 1.89. The van der Waals surface area contributed by atoms with Crippen LogP contribution in [0.2, 0.25) is 0 Å². The molecule has 8 nitrogen and oxygen atoms in total. The summed E-state index contributed by atoms with van der Waals surface area (Å²) < 4.78 is 30.4. The average molecular weight is 749 g/mol. The molecule has 0 saturated carbocycles. The van der Waals surface area contributed by atoms with Gasteiger partial charge in [0.2, 0.25) is 0 Å². The second-order valence-corrected chi connectivity index (χ2v) is 23.4. The highest BCUT2D eigenvalue weighted by Crippen LogP contribution is 2.46. The van der Waals surface area contributed by atoms with E-state index >= 15 is 0 Å². The first-order chi connectivity index (χ1) is 23.7. The van der Waals surface area contributed by atoms with Crippen molar-refractivity contribution in [2.45, 2.75) is 265 Å². The second kappa shape index (κ2) is 15.1. The van der Waals surface area contributed by atoms with E-state index in [0.29, 0.717) is 23.7 Å². The Kier molecular flexibility index (Phi) is 13.0. The SMILES string of the molecule is CC(C)C1(C)CC(OC(OC2CC(C)(C)NC(C)(C(C)C)C2)(OC2CC(C)(C)NC(C)(C(C)C)C2)OC2CC(C)(C)NC(C)(C(C)C)C2)CC(C)(C)N1. The fraction of sp³-hybridized carbons (Fsp3) is 1.00. The Morgan fingerprint density at radius 1 is 0.340 bits per heavy atom. The number of ether oxygens (including phenoxy) is 4. The molecule has 0 amide bonds. The van der Waals surface area contributed by atoms with Crippen LogP contribution in [0.1, 0.15) is 190 Å². The summed E-state index contributed by atoms with van der Waals surface area (Å²) in [5, 5.41) is 16.0. The number of nitrogens with one attached hydrogen (secondary N) is 4. The van der Waals surface area contributed by atoms with Crippen molar-refractivity contribution in [2.75, 3.05) is 0 Å². The van der Waals surface area contributed by atoms with Crippen molar-refractivity contribution < 1.29 is 18.9 Å². The van der Waals surface area contributed by atoms with Gasteiger partial charge in [0, 0.05) is 44.3 Å². The van der Waals surface area contributed by atoms with E-state index in [1.54, 1.807) is 0 Å². The van der Waals surface area contributed by atoms with Crippen LogP contribution in [0.25, 0.3) is 0 Å². The summed E-state index contributed by atoms with van der Waals surface area (Å²) in [4.78, 5) is 0. The standard InChI is InChI=1S/C45H88N4O4/c1-29(2)41(17)25-33(21-37(9,10)46-41)50-45(51-34-22-38(11,12)47-42(18,26-34)30(3)4,52-35-23-39(13,14)48-43(19,27-35)31(5)6)53-36-24-40(15,16)49-44(20,28-36)32(7)8/h29-36,46-49H,21-28H2,1-20H3. The maximum Gasteiger partial charge on any atom is 0.413 e. The van der Waals surface area contributed by atoms with Gasteiger partial charge in [-0.05, 0) is 158 Å². The molecule has 0 aliphatic carbocycles. The van der Waals surface area contributed by atoms with E-state index in [4.69, 9.17) is 18.9 Å². The van der Waals surface area contributed by atoms with E-state index in [0.717, 1.165) is 51.4 Å². The zero-order chi connectivity index (χ0) is 40.4. The quantitative estimate of drug-likeness (QED) is 0.147. The minimum absolute atomic E-state index is 0.120. The van der Waals surface area contributed by atoms with Gasteiger partial charge in [-0.25, -0.2) is 0 Å². The molecule has 312 valence electrons. The lowest BCUT2D eigenvalue weighted by molar-refractivity contribution is -0.540.